The van der Waals surface area contributed by atoms with E-state index < -0.39 is 0 Å². The summed E-state index contributed by atoms with van der Waals surface area (Å²) in [7, 11) is 2.93. The Bertz CT molecular complexity index is 548. The Kier molecular flexibility index (Phi) is 6.94. The highest BCUT2D eigenvalue weighted by molar-refractivity contribution is 7.18. The monoisotopic (exact) mass is 298 g/mol. The topological polar surface area (TPSA) is 0 Å². The third-order valence-electron chi connectivity index (χ3n) is 3.33. The van der Waals surface area contributed by atoms with Crippen LogP contribution in [0.5, 0.6) is 0 Å². The predicted molar refractivity (Wildman–Crippen MR) is 98.5 cm³/mol. The fourth-order valence-corrected chi connectivity index (χ4v) is 2.47. The van der Waals surface area contributed by atoms with Gasteiger partial charge in [0, 0.05) is 0 Å². The van der Waals surface area contributed by atoms with E-state index in [1.807, 2.05) is 6.08 Å². The molecule has 21 heavy (non-hydrogen) atoms. The molecular formula is C20H27P. The lowest BCUT2D eigenvalue weighted by Gasteiger charge is -2.20. The van der Waals surface area contributed by atoms with Gasteiger partial charge in [-0.1, -0.05) is 70.0 Å². The average Bonchev–Trinajstić information content (AvgIpc) is 2.37. The van der Waals surface area contributed by atoms with Crippen molar-refractivity contribution in [2.75, 3.05) is 0 Å². The Morgan fingerprint density at radius 3 is 2.43 bits per heavy atom. The second-order valence-electron chi connectivity index (χ2n) is 6.51. The Morgan fingerprint density at radius 1 is 1.29 bits per heavy atom. The molecule has 0 aliphatic rings. The molecule has 112 valence electrons. The second-order valence-corrected chi connectivity index (χ2v) is 8.07. The normalized spacial score (nSPS) is 12.9. The maximum absolute atomic E-state index is 5.38. The summed E-state index contributed by atoms with van der Waals surface area (Å²) in [5.41, 5.74) is 4.03. The van der Waals surface area contributed by atoms with Gasteiger partial charge >= 0.3 is 0 Å². The minimum absolute atomic E-state index is 0.228. The second kappa shape index (κ2) is 8.21. The summed E-state index contributed by atoms with van der Waals surface area (Å²) in [5.74, 6) is 3.08. The van der Waals surface area contributed by atoms with Gasteiger partial charge in [0.05, 0.1) is 0 Å². The smallest absolute Gasteiger partial charge is 0.00870 e. The standard InChI is InChI=1S/C20H27P/c1-6-10-17(16(2)3)13-9-14-18-11-7-8-12-19(18)15-20(4,5)21/h1,7-13,16H,14-15,21H2,2-5H3/b13-9-,17-10+. The van der Waals surface area contributed by atoms with Gasteiger partial charge in [-0.2, -0.15) is 0 Å². The molecule has 0 heterocycles. The van der Waals surface area contributed by atoms with Crippen LogP contribution in [0.25, 0.3) is 0 Å². The quantitative estimate of drug-likeness (QED) is 0.385. The van der Waals surface area contributed by atoms with Crippen molar-refractivity contribution in [1.82, 2.24) is 0 Å². The zero-order valence-corrected chi connectivity index (χ0v) is 14.8. The lowest BCUT2D eigenvalue weighted by Crippen LogP contribution is -2.14. The summed E-state index contributed by atoms with van der Waals surface area (Å²) in [6, 6.07) is 8.69. The zero-order valence-electron chi connectivity index (χ0n) is 13.7. The van der Waals surface area contributed by atoms with Crippen LogP contribution in [-0.2, 0) is 12.8 Å². The Morgan fingerprint density at radius 2 is 1.90 bits per heavy atom. The largest absolute Gasteiger partial charge is 0.131 e. The van der Waals surface area contributed by atoms with Crippen LogP contribution in [0.4, 0.5) is 0 Å². The first-order valence-electron chi connectivity index (χ1n) is 7.52. The third kappa shape index (κ3) is 6.79. The van der Waals surface area contributed by atoms with Crippen LogP contribution in [0, 0.1) is 18.3 Å². The summed E-state index contributed by atoms with van der Waals surface area (Å²) in [6.07, 6.45) is 13.6. The van der Waals surface area contributed by atoms with Crippen LogP contribution < -0.4 is 0 Å². The molecule has 0 amide bonds. The van der Waals surface area contributed by atoms with Gasteiger partial charge in [0.2, 0.25) is 0 Å². The number of benzene rings is 1. The number of terminal acetylenes is 1. The SMILES string of the molecule is C#C/C=C(\C=C/Cc1ccccc1CC(C)(C)P)C(C)C. The molecule has 1 aromatic carbocycles. The van der Waals surface area contributed by atoms with E-state index in [0.29, 0.717) is 5.92 Å². The average molecular weight is 298 g/mol. The molecule has 0 spiro atoms. The maximum atomic E-state index is 5.38. The summed E-state index contributed by atoms with van der Waals surface area (Å²) >= 11 is 0. The van der Waals surface area contributed by atoms with Crippen LogP contribution in [0.2, 0.25) is 0 Å². The van der Waals surface area contributed by atoms with E-state index in [1.54, 1.807) is 0 Å². The van der Waals surface area contributed by atoms with Crippen LogP contribution in [0.3, 0.4) is 0 Å². The number of hydrogen-bond acceptors (Lipinski definition) is 0. The molecule has 1 atom stereocenters. The Balaban J connectivity index is 2.85. The van der Waals surface area contributed by atoms with Gasteiger partial charge in [0.25, 0.3) is 0 Å². The molecule has 0 aromatic heterocycles. The minimum Gasteiger partial charge on any atom is -0.131 e. The van der Waals surface area contributed by atoms with Crippen molar-refractivity contribution in [1.29, 1.82) is 0 Å². The number of rotatable bonds is 6. The fourth-order valence-electron chi connectivity index (χ4n) is 2.25. The first kappa shape index (κ1) is 17.7. The van der Waals surface area contributed by atoms with Crippen molar-refractivity contribution in [3.05, 3.63) is 59.2 Å². The molecular weight excluding hydrogens is 271 g/mol. The van der Waals surface area contributed by atoms with E-state index in [-0.39, 0.29) is 5.16 Å². The molecule has 0 aliphatic carbocycles. The highest BCUT2D eigenvalue weighted by atomic mass is 31.0. The van der Waals surface area contributed by atoms with Crippen LogP contribution in [-0.4, -0.2) is 5.16 Å². The van der Waals surface area contributed by atoms with Gasteiger partial charge in [-0.25, -0.2) is 0 Å². The van der Waals surface area contributed by atoms with Crippen molar-refractivity contribution >= 4 is 9.24 Å². The van der Waals surface area contributed by atoms with Crippen molar-refractivity contribution in [3.63, 3.8) is 0 Å². The summed E-state index contributed by atoms with van der Waals surface area (Å²) < 4.78 is 0. The van der Waals surface area contributed by atoms with E-state index in [2.05, 4.69) is 79.3 Å². The first-order valence-corrected chi connectivity index (χ1v) is 8.09. The Labute approximate surface area is 132 Å². The van der Waals surface area contributed by atoms with Crippen molar-refractivity contribution in [2.24, 2.45) is 5.92 Å². The van der Waals surface area contributed by atoms with E-state index in [9.17, 15) is 0 Å². The van der Waals surface area contributed by atoms with Crippen LogP contribution >= 0.6 is 9.24 Å². The molecule has 1 rings (SSSR count). The molecule has 0 aliphatic heterocycles. The summed E-state index contributed by atoms with van der Waals surface area (Å²) in [5, 5.41) is 0.228. The Hall–Kier alpha value is -1.31. The van der Waals surface area contributed by atoms with Gasteiger partial charge in [-0.3, -0.25) is 0 Å². The molecule has 0 saturated heterocycles. The van der Waals surface area contributed by atoms with E-state index >= 15 is 0 Å². The molecule has 0 nitrogen and oxygen atoms in total. The van der Waals surface area contributed by atoms with Gasteiger partial charge in [-0.05, 0) is 46.7 Å². The maximum Gasteiger partial charge on any atom is -0.00870 e. The molecule has 0 bridgehead atoms. The molecule has 0 radical (unpaired) electrons. The number of hydrogen-bond donors (Lipinski definition) is 0. The minimum atomic E-state index is 0.228. The first-order chi connectivity index (χ1) is 9.83. The summed E-state index contributed by atoms with van der Waals surface area (Å²) in [6.45, 7) is 8.82. The molecule has 1 aromatic rings. The molecule has 0 saturated carbocycles. The zero-order chi connectivity index (χ0) is 15.9. The van der Waals surface area contributed by atoms with Gasteiger partial charge in [0.15, 0.2) is 0 Å². The van der Waals surface area contributed by atoms with Crippen molar-refractivity contribution in [2.45, 2.75) is 45.7 Å². The molecule has 1 unspecified atom stereocenters. The van der Waals surface area contributed by atoms with E-state index in [0.717, 1.165) is 12.8 Å². The number of allylic oxidation sites excluding steroid dienone is 4. The van der Waals surface area contributed by atoms with Crippen LogP contribution in [0.1, 0.15) is 38.8 Å². The predicted octanol–water partition coefficient (Wildman–Crippen LogP) is 5.20. The highest BCUT2D eigenvalue weighted by Crippen LogP contribution is 2.24. The molecule has 0 N–H and O–H groups in total. The van der Waals surface area contributed by atoms with Crippen LogP contribution in [0.15, 0.2) is 48.1 Å². The van der Waals surface area contributed by atoms with Gasteiger partial charge in [0.1, 0.15) is 0 Å². The third-order valence-corrected chi connectivity index (χ3v) is 3.53. The molecule has 1 heteroatoms. The van der Waals surface area contributed by atoms with Gasteiger partial charge in [-0.15, -0.1) is 15.7 Å². The molecule has 0 fully saturated rings. The summed E-state index contributed by atoms with van der Waals surface area (Å²) in [4.78, 5) is 0. The van der Waals surface area contributed by atoms with Gasteiger partial charge < -0.3 is 0 Å². The van der Waals surface area contributed by atoms with Crippen molar-refractivity contribution < 1.29 is 0 Å². The van der Waals surface area contributed by atoms with Crippen molar-refractivity contribution in [3.8, 4) is 12.3 Å². The highest BCUT2D eigenvalue weighted by Gasteiger charge is 2.13. The lowest BCUT2D eigenvalue weighted by atomic mass is 9.95. The van der Waals surface area contributed by atoms with E-state index in [4.69, 9.17) is 6.42 Å². The lowest BCUT2D eigenvalue weighted by molar-refractivity contribution is 0.703. The van der Waals surface area contributed by atoms with E-state index in [1.165, 1.54) is 16.7 Å². The fraction of sp³-hybridized carbons (Fsp3) is 0.400.